The van der Waals surface area contributed by atoms with Gasteiger partial charge in [-0.3, -0.25) is 0 Å². The van der Waals surface area contributed by atoms with E-state index >= 15 is 0 Å². The van der Waals surface area contributed by atoms with Crippen LogP contribution < -0.4 is 0 Å². The molecule has 2 heterocycles. The van der Waals surface area contributed by atoms with Gasteiger partial charge < -0.3 is 24.4 Å². The third-order valence-electron chi connectivity index (χ3n) is 6.54. The van der Waals surface area contributed by atoms with Crippen LogP contribution in [0.1, 0.15) is 20.8 Å². The van der Waals surface area contributed by atoms with Gasteiger partial charge in [0.15, 0.2) is 0 Å². The van der Waals surface area contributed by atoms with E-state index in [1.165, 1.54) is 0 Å². The summed E-state index contributed by atoms with van der Waals surface area (Å²) in [5.41, 5.74) is 0.384. The van der Waals surface area contributed by atoms with Crippen molar-refractivity contribution in [2.75, 3.05) is 6.61 Å². The molecule has 0 aromatic rings. The number of hydrogen-bond acceptors (Lipinski definition) is 7. The Morgan fingerprint density at radius 2 is 2.07 bits per heavy atom. The van der Waals surface area contributed by atoms with E-state index in [1.54, 1.807) is 26.0 Å². The summed E-state index contributed by atoms with van der Waals surface area (Å²) in [4.78, 5) is 24.7. The molecule has 1 spiro atoms. The molecule has 7 nitrogen and oxygen atoms in total. The Labute approximate surface area is 157 Å². The van der Waals surface area contributed by atoms with E-state index in [0.717, 1.165) is 5.57 Å². The highest BCUT2D eigenvalue weighted by atomic mass is 16.6. The van der Waals surface area contributed by atoms with Gasteiger partial charge in [-0.25, -0.2) is 9.59 Å². The van der Waals surface area contributed by atoms with Crippen molar-refractivity contribution in [3.05, 3.63) is 35.5 Å². The molecule has 0 radical (unpaired) electrons. The normalized spacial score (nSPS) is 45.7. The highest BCUT2D eigenvalue weighted by Crippen LogP contribution is 2.58. The molecule has 2 saturated heterocycles. The Kier molecular flexibility index (Phi) is 4.10. The second-order valence-electron chi connectivity index (χ2n) is 7.90. The van der Waals surface area contributed by atoms with Gasteiger partial charge in [0.1, 0.15) is 23.9 Å². The summed E-state index contributed by atoms with van der Waals surface area (Å²) in [5.74, 6) is -2.67. The van der Waals surface area contributed by atoms with E-state index < -0.39 is 53.8 Å². The van der Waals surface area contributed by atoms with E-state index in [-0.39, 0.29) is 18.1 Å². The fraction of sp³-hybridized carbons (Fsp3) is 0.600. The molecule has 0 aromatic carbocycles. The molecule has 0 bridgehead atoms. The van der Waals surface area contributed by atoms with Gasteiger partial charge >= 0.3 is 11.9 Å². The van der Waals surface area contributed by atoms with E-state index in [2.05, 4.69) is 6.58 Å². The second kappa shape index (κ2) is 6.02. The lowest BCUT2D eigenvalue weighted by atomic mass is 9.77. The Morgan fingerprint density at radius 1 is 1.41 bits per heavy atom. The predicted octanol–water partition coefficient (Wildman–Crippen LogP) is 0.659. The van der Waals surface area contributed by atoms with Crippen LogP contribution in [0.25, 0.3) is 0 Å². The molecule has 1 saturated carbocycles. The number of carbonyl (C=O) groups excluding carboxylic acids is 2. The molecule has 4 aliphatic rings. The molecule has 2 aliphatic carbocycles. The molecular formula is C20H24O7. The van der Waals surface area contributed by atoms with Gasteiger partial charge in [-0.2, -0.15) is 0 Å². The Morgan fingerprint density at radius 3 is 2.67 bits per heavy atom. The molecule has 146 valence electrons. The third kappa shape index (κ3) is 2.45. The summed E-state index contributed by atoms with van der Waals surface area (Å²) < 4.78 is 16.9. The van der Waals surface area contributed by atoms with Crippen molar-refractivity contribution < 1.29 is 34.0 Å². The van der Waals surface area contributed by atoms with Gasteiger partial charge in [0.05, 0.1) is 18.6 Å². The number of ether oxygens (including phenoxy) is 3. The Bertz CT molecular complexity index is 775. The summed E-state index contributed by atoms with van der Waals surface area (Å²) in [6.45, 7) is 9.26. The average molecular weight is 376 g/mol. The van der Waals surface area contributed by atoms with E-state index in [9.17, 15) is 19.8 Å². The number of rotatable bonds is 2. The lowest BCUT2D eigenvalue weighted by molar-refractivity contribution is -0.158. The van der Waals surface area contributed by atoms with E-state index in [1.807, 2.05) is 6.92 Å². The molecule has 8 unspecified atom stereocenters. The monoisotopic (exact) mass is 376 g/mol. The summed E-state index contributed by atoms with van der Waals surface area (Å²) in [7, 11) is 0. The highest BCUT2D eigenvalue weighted by Gasteiger charge is 2.71. The molecular weight excluding hydrogens is 352 g/mol. The number of fused-ring (bicyclic) bond motifs is 4. The van der Waals surface area contributed by atoms with Crippen molar-refractivity contribution in [2.24, 2.45) is 17.8 Å². The zero-order valence-electron chi connectivity index (χ0n) is 15.5. The first-order valence-electron chi connectivity index (χ1n) is 9.15. The number of allylic oxidation sites excluding steroid dienone is 1. The van der Waals surface area contributed by atoms with Gasteiger partial charge in [-0.05, 0) is 20.8 Å². The average Bonchev–Trinajstić information content (AvgIpc) is 3.31. The minimum atomic E-state index is -1.21. The molecule has 0 aromatic heterocycles. The van der Waals surface area contributed by atoms with Crippen LogP contribution in [0, 0.1) is 17.8 Å². The smallest absolute Gasteiger partial charge is 0.334 e. The topological polar surface area (TPSA) is 106 Å². The minimum Gasteiger partial charge on any atom is -0.458 e. The maximum atomic E-state index is 12.4. The van der Waals surface area contributed by atoms with Crippen molar-refractivity contribution in [3.63, 3.8) is 0 Å². The van der Waals surface area contributed by atoms with Crippen LogP contribution >= 0.6 is 0 Å². The number of esters is 2. The third-order valence-corrected chi connectivity index (χ3v) is 6.54. The molecule has 0 amide bonds. The lowest BCUT2D eigenvalue weighted by Gasteiger charge is -2.32. The summed E-state index contributed by atoms with van der Waals surface area (Å²) in [6, 6.07) is 0. The summed E-state index contributed by atoms with van der Waals surface area (Å²) in [6.07, 6.45) is -0.452. The van der Waals surface area contributed by atoms with E-state index in [0.29, 0.717) is 5.57 Å². The van der Waals surface area contributed by atoms with Crippen LogP contribution in [-0.2, 0) is 23.8 Å². The van der Waals surface area contributed by atoms with Crippen molar-refractivity contribution in [2.45, 2.75) is 50.8 Å². The first-order chi connectivity index (χ1) is 12.7. The van der Waals surface area contributed by atoms with Gasteiger partial charge in [0.25, 0.3) is 0 Å². The summed E-state index contributed by atoms with van der Waals surface area (Å²) in [5, 5.41) is 21.8. The standard InChI is InChI=1S/C20H24O7/c1-5-8(2)18(23)27-16-13-10(4)19(24)26-15(13)12-9(3)6-11(21)14(12)20(7-25-20)17(16)22/h5-6,11-17,21-22H,4,7H2,1-3H3. The van der Waals surface area contributed by atoms with Gasteiger partial charge in [0, 0.05) is 23.0 Å². The van der Waals surface area contributed by atoms with Gasteiger partial charge in [0.2, 0.25) is 0 Å². The molecule has 7 heteroatoms. The Balaban J connectivity index is 1.80. The molecule has 4 rings (SSSR count). The number of carbonyl (C=O) groups is 2. The first kappa shape index (κ1) is 18.4. The Hall–Kier alpha value is -1.96. The first-order valence-corrected chi connectivity index (χ1v) is 9.15. The molecule has 2 aliphatic heterocycles. The quantitative estimate of drug-likeness (QED) is 0.316. The van der Waals surface area contributed by atoms with Crippen molar-refractivity contribution in [1.82, 2.24) is 0 Å². The SMILES string of the molecule is C=C1C(=O)OC2C1C(OC(=O)C(C)=CC)C(O)C1(CO1)C1C(O)C=C(C)C21. The van der Waals surface area contributed by atoms with Crippen LogP contribution in [0.2, 0.25) is 0 Å². The summed E-state index contributed by atoms with van der Waals surface area (Å²) >= 11 is 0. The number of aliphatic hydroxyl groups is 2. The predicted molar refractivity (Wildman–Crippen MR) is 93.3 cm³/mol. The van der Waals surface area contributed by atoms with Crippen molar-refractivity contribution in [1.29, 1.82) is 0 Å². The maximum absolute atomic E-state index is 12.4. The van der Waals surface area contributed by atoms with Crippen LogP contribution in [0.4, 0.5) is 0 Å². The second-order valence-corrected chi connectivity index (χ2v) is 7.90. The fourth-order valence-corrected chi connectivity index (χ4v) is 4.92. The van der Waals surface area contributed by atoms with Gasteiger partial charge in [-0.15, -0.1) is 0 Å². The highest BCUT2D eigenvalue weighted by molar-refractivity contribution is 5.92. The number of hydrogen-bond donors (Lipinski definition) is 2. The minimum absolute atomic E-state index is 0.167. The van der Waals surface area contributed by atoms with Crippen LogP contribution in [-0.4, -0.2) is 58.8 Å². The maximum Gasteiger partial charge on any atom is 0.334 e. The lowest BCUT2D eigenvalue weighted by Crippen LogP contribution is -2.50. The molecule has 27 heavy (non-hydrogen) atoms. The van der Waals surface area contributed by atoms with Crippen LogP contribution in [0.15, 0.2) is 35.5 Å². The largest absolute Gasteiger partial charge is 0.458 e. The molecule has 8 atom stereocenters. The van der Waals surface area contributed by atoms with Gasteiger partial charge in [-0.1, -0.05) is 24.3 Å². The van der Waals surface area contributed by atoms with Crippen molar-refractivity contribution in [3.8, 4) is 0 Å². The van der Waals surface area contributed by atoms with Crippen LogP contribution in [0.3, 0.4) is 0 Å². The van der Waals surface area contributed by atoms with Crippen molar-refractivity contribution >= 4 is 11.9 Å². The fourth-order valence-electron chi connectivity index (χ4n) is 4.92. The van der Waals surface area contributed by atoms with Crippen LogP contribution in [0.5, 0.6) is 0 Å². The molecule has 2 N–H and O–H groups in total. The zero-order chi connectivity index (χ0) is 19.7. The zero-order valence-corrected chi connectivity index (χ0v) is 15.5. The number of epoxide rings is 1. The van der Waals surface area contributed by atoms with E-state index in [4.69, 9.17) is 14.2 Å². The molecule has 3 fully saturated rings. The number of aliphatic hydroxyl groups excluding tert-OH is 2.